The van der Waals surface area contributed by atoms with E-state index in [9.17, 15) is 9.59 Å². The van der Waals surface area contributed by atoms with Gasteiger partial charge in [0.25, 0.3) is 0 Å². The topological polar surface area (TPSA) is 52.6 Å². The Morgan fingerprint density at radius 3 is 2.47 bits per heavy atom. The highest BCUT2D eigenvalue weighted by atomic mass is 16.7. The third-order valence-corrected chi connectivity index (χ3v) is 2.86. The van der Waals surface area contributed by atoms with Crippen LogP contribution in [-0.4, -0.2) is 18.4 Å². The van der Waals surface area contributed by atoms with Crippen LogP contribution in [0.1, 0.15) is 19.4 Å². The summed E-state index contributed by atoms with van der Waals surface area (Å²) < 4.78 is 10.4. The fourth-order valence-corrected chi connectivity index (χ4v) is 1.88. The number of ketones is 2. The van der Waals surface area contributed by atoms with Crippen molar-refractivity contribution in [3.8, 4) is 11.5 Å². The second-order valence-electron chi connectivity index (χ2n) is 4.17. The smallest absolute Gasteiger partial charge is 0.231 e. The lowest BCUT2D eigenvalue weighted by molar-refractivity contribution is -0.130. The number of rotatable bonds is 4. The van der Waals surface area contributed by atoms with Crippen LogP contribution in [0.5, 0.6) is 11.5 Å². The molecule has 0 N–H and O–H groups in total. The predicted molar refractivity (Wildman–Crippen MR) is 61.1 cm³/mol. The number of ether oxygens (including phenoxy) is 2. The van der Waals surface area contributed by atoms with Crippen LogP contribution in [0.3, 0.4) is 0 Å². The standard InChI is InChI=1S/C13H14O4/c1-8(14)11(9(2)15)5-10-3-4-12-13(6-10)17-7-16-12/h3-4,6,11H,5,7H2,1-2H3. The molecule has 0 atom stereocenters. The molecule has 17 heavy (non-hydrogen) atoms. The zero-order chi connectivity index (χ0) is 12.4. The van der Waals surface area contributed by atoms with Crippen LogP contribution in [0.2, 0.25) is 0 Å². The van der Waals surface area contributed by atoms with E-state index in [1.54, 1.807) is 6.07 Å². The van der Waals surface area contributed by atoms with E-state index in [1.165, 1.54) is 13.8 Å². The average molecular weight is 234 g/mol. The fourth-order valence-electron chi connectivity index (χ4n) is 1.88. The van der Waals surface area contributed by atoms with E-state index < -0.39 is 5.92 Å². The molecule has 90 valence electrons. The van der Waals surface area contributed by atoms with E-state index in [0.29, 0.717) is 17.9 Å². The van der Waals surface area contributed by atoms with Gasteiger partial charge in [0.05, 0.1) is 5.92 Å². The van der Waals surface area contributed by atoms with Gasteiger partial charge in [-0.3, -0.25) is 9.59 Å². The van der Waals surface area contributed by atoms with Gasteiger partial charge in [0, 0.05) is 0 Å². The first kappa shape index (κ1) is 11.6. The summed E-state index contributed by atoms with van der Waals surface area (Å²) in [5.41, 5.74) is 0.907. The van der Waals surface area contributed by atoms with Gasteiger partial charge in [0.15, 0.2) is 11.5 Å². The largest absolute Gasteiger partial charge is 0.454 e. The van der Waals surface area contributed by atoms with Crippen molar-refractivity contribution in [2.75, 3.05) is 6.79 Å². The quantitative estimate of drug-likeness (QED) is 0.745. The van der Waals surface area contributed by atoms with Crippen molar-refractivity contribution < 1.29 is 19.1 Å². The molecule has 0 saturated heterocycles. The Bertz CT molecular complexity index is 450. The van der Waals surface area contributed by atoms with E-state index in [1.807, 2.05) is 12.1 Å². The monoisotopic (exact) mass is 234 g/mol. The summed E-state index contributed by atoms with van der Waals surface area (Å²) in [5, 5.41) is 0. The van der Waals surface area contributed by atoms with Crippen molar-refractivity contribution in [3.63, 3.8) is 0 Å². The summed E-state index contributed by atoms with van der Waals surface area (Å²) >= 11 is 0. The second-order valence-corrected chi connectivity index (χ2v) is 4.17. The van der Waals surface area contributed by atoms with Crippen molar-refractivity contribution in [1.29, 1.82) is 0 Å². The van der Waals surface area contributed by atoms with Gasteiger partial charge >= 0.3 is 0 Å². The SMILES string of the molecule is CC(=O)C(Cc1ccc2c(c1)OCO2)C(C)=O. The van der Waals surface area contributed by atoms with E-state index in [4.69, 9.17) is 9.47 Å². The van der Waals surface area contributed by atoms with E-state index in [2.05, 4.69) is 0 Å². The third-order valence-electron chi connectivity index (χ3n) is 2.86. The first-order chi connectivity index (χ1) is 8.08. The van der Waals surface area contributed by atoms with Gasteiger partial charge < -0.3 is 9.47 Å². The molecule has 0 spiro atoms. The van der Waals surface area contributed by atoms with Crippen molar-refractivity contribution in [3.05, 3.63) is 23.8 Å². The molecular weight excluding hydrogens is 220 g/mol. The van der Waals surface area contributed by atoms with Crippen LogP contribution in [0.15, 0.2) is 18.2 Å². The minimum absolute atomic E-state index is 0.102. The predicted octanol–water partition coefficient (Wildman–Crippen LogP) is 1.75. The molecule has 0 radical (unpaired) electrons. The first-order valence-electron chi connectivity index (χ1n) is 5.47. The lowest BCUT2D eigenvalue weighted by atomic mass is 9.92. The zero-order valence-corrected chi connectivity index (χ0v) is 9.86. The summed E-state index contributed by atoms with van der Waals surface area (Å²) in [5.74, 6) is 0.616. The Kier molecular flexibility index (Phi) is 3.13. The first-order valence-corrected chi connectivity index (χ1v) is 5.47. The van der Waals surface area contributed by atoms with Gasteiger partial charge in [-0.2, -0.15) is 0 Å². The van der Waals surface area contributed by atoms with Gasteiger partial charge in [-0.15, -0.1) is 0 Å². The van der Waals surface area contributed by atoms with Crippen LogP contribution in [-0.2, 0) is 16.0 Å². The van der Waals surface area contributed by atoms with Crippen molar-refractivity contribution in [1.82, 2.24) is 0 Å². The molecule has 1 aliphatic rings. The average Bonchev–Trinajstić information content (AvgIpc) is 2.71. The highest BCUT2D eigenvalue weighted by molar-refractivity contribution is 6.00. The van der Waals surface area contributed by atoms with Gasteiger partial charge in [0.2, 0.25) is 6.79 Å². The Morgan fingerprint density at radius 2 is 1.82 bits per heavy atom. The van der Waals surface area contributed by atoms with Crippen LogP contribution >= 0.6 is 0 Å². The summed E-state index contributed by atoms with van der Waals surface area (Å²) in [7, 11) is 0. The van der Waals surface area contributed by atoms with Crippen LogP contribution in [0, 0.1) is 5.92 Å². The molecule has 0 saturated carbocycles. The Morgan fingerprint density at radius 1 is 1.18 bits per heavy atom. The molecule has 1 heterocycles. The van der Waals surface area contributed by atoms with Gasteiger partial charge in [-0.1, -0.05) is 6.07 Å². The normalized spacial score (nSPS) is 12.9. The lowest BCUT2D eigenvalue weighted by Crippen LogP contribution is -2.21. The highest BCUT2D eigenvalue weighted by Crippen LogP contribution is 2.33. The van der Waals surface area contributed by atoms with Crippen molar-refractivity contribution in [2.24, 2.45) is 5.92 Å². The van der Waals surface area contributed by atoms with Crippen LogP contribution in [0.4, 0.5) is 0 Å². The molecule has 2 rings (SSSR count). The molecule has 4 heteroatoms. The van der Waals surface area contributed by atoms with Gasteiger partial charge in [-0.05, 0) is 38.0 Å². The molecule has 1 aromatic carbocycles. The van der Waals surface area contributed by atoms with Crippen molar-refractivity contribution >= 4 is 11.6 Å². The maximum atomic E-state index is 11.3. The van der Waals surface area contributed by atoms with Crippen LogP contribution < -0.4 is 9.47 Å². The summed E-state index contributed by atoms with van der Waals surface area (Å²) in [6.45, 7) is 3.11. The number of hydrogen-bond acceptors (Lipinski definition) is 4. The van der Waals surface area contributed by atoms with E-state index >= 15 is 0 Å². The Balaban J connectivity index is 2.18. The molecule has 4 nitrogen and oxygen atoms in total. The molecule has 1 aliphatic heterocycles. The third kappa shape index (κ3) is 2.46. The molecule has 0 amide bonds. The molecular formula is C13H14O4. The Hall–Kier alpha value is -1.84. The highest BCUT2D eigenvalue weighted by Gasteiger charge is 2.21. The summed E-state index contributed by atoms with van der Waals surface area (Å²) in [6, 6.07) is 5.47. The fraction of sp³-hybridized carbons (Fsp3) is 0.385. The minimum atomic E-state index is -0.560. The summed E-state index contributed by atoms with van der Waals surface area (Å²) in [4.78, 5) is 22.7. The van der Waals surface area contributed by atoms with Gasteiger partial charge in [-0.25, -0.2) is 0 Å². The number of benzene rings is 1. The Labute approximate surface area is 99.5 Å². The van der Waals surface area contributed by atoms with Gasteiger partial charge in [0.1, 0.15) is 11.6 Å². The number of hydrogen-bond donors (Lipinski definition) is 0. The maximum absolute atomic E-state index is 11.3. The minimum Gasteiger partial charge on any atom is -0.454 e. The molecule has 0 aliphatic carbocycles. The molecule has 1 aromatic rings. The van der Waals surface area contributed by atoms with E-state index in [0.717, 1.165) is 5.56 Å². The lowest BCUT2D eigenvalue weighted by Gasteiger charge is -2.10. The van der Waals surface area contributed by atoms with Crippen LogP contribution in [0.25, 0.3) is 0 Å². The van der Waals surface area contributed by atoms with E-state index in [-0.39, 0.29) is 18.4 Å². The van der Waals surface area contributed by atoms with Crippen molar-refractivity contribution in [2.45, 2.75) is 20.3 Å². The molecule has 0 fully saturated rings. The molecule has 0 bridgehead atoms. The number of Topliss-reactive ketones (excluding diaryl/α,β-unsaturated/α-hetero) is 2. The maximum Gasteiger partial charge on any atom is 0.231 e. The summed E-state index contributed by atoms with van der Waals surface area (Å²) in [6.07, 6.45) is 0.418. The molecule has 0 unspecified atom stereocenters. The zero-order valence-electron chi connectivity index (χ0n) is 9.86. The second kappa shape index (κ2) is 4.57. The number of fused-ring (bicyclic) bond motifs is 1. The number of carbonyl (C=O) groups excluding carboxylic acids is 2. The number of carbonyl (C=O) groups is 2. The molecule has 0 aromatic heterocycles.